The standard InChI is InChI=1S/C16H23ClN2O3/c1-12(13-4-5-14(21-2)15(10-13)22-3)18-6-8-19(9-7-18)16(20)11-17/h4-5,10,12H,6-9,11H2,1-3H3/p+1/t12-/m0/s1. The summed E-state index contributed by atoms with van der Waals surface area (Å²) in [5.41, 5.74) is 1.21. The summed E-state index contributed by atoms with van der Waals surface area (Å²) in [6.45, 7) is 5.59. The summed E-state index contributed by atoms with van der Waals surface area (Å²) >= 11 is 5.62. The molecule has 1 aliphatic heterocycles. The lowest BCUT2D eigenvalue weighted by molar-refractivity contribution is -0.933. The lowest BCUT2D eigenvalue weighted by Gasteiger charge is -2.35. The fraction of sp³-hybridized carbons (Fsp3) is 0.562. The first-order valence-corrected chi connectivity index (χ1v) is 8.04. The molecule has 1 atom stereocenters. The fourth-order valence-corrected chi connectivity index (χ4v) is 3.09. The van der Waals surface area contributed by atoms with Crippen molar-refractivity contribution in [2.24, 2.45) is 0 Å². The van der Waals surface area contributed by atoms with E-state index in [0.29, 0.717) is 6.04 Å². The Kier molecular flexibility index (Phi) is 5.91. The summed E-state index contributed by atoms with van der Waals surface area (Å²) in [6, 6.07) is 6.40. The van der Waals surface area contributed by atoms with E-state index in [9.17, 15) is 4.79 Å². The topological polar surface area (TPSA) is 43.2 Å². The molecule has 0 aliphatic carbocycles. The van der Waals surface area contributed by atoms with Gasteiger partial charge in [0.15, 0.2) is 11.5 Å². The SMILES string of the molecule is COc1ccc([C@H](C)[NH+]2CCN(C(=O)CCl)CC2)cc1OC. The minimum Gasteiger partial charge on any atom is -0.493 e. The Morgan fingerprint density at radius 1 is 1.27 bits per heavy atom. The Labute approximate surface area is 136 Å². The first kappa shape index (κ1) is 16.9. The van der Waals surface area contributed by atoms with Crippen molar-refractivity contribution in [1.82, 2.24) is 4.90 Å². The number of rotatable bonds is 5. The molecular weight excluding hydrogens is 304 g/mol. The van der Waals surface area contributed by atoms with Gasteiger partial charge in [0, 0.05) is 5.56 Å². The average Bonchev–Trinajstić information content (AvgIpc) is 2.59. The quantitative estimate of drug-likeness (QED) is 0.811. The van der Waals surface area contributed by atoms with Crippen LogP contribution in [-0.2, 0) is 4.79 Å². The van der Waals surface area contributed by atoms with Crippen molar-refractivity contribution in [3.63, 3.8) is 0 Å². The molecule has 1 aromatic carbocycles. The molecule has 1 saturated heterocycles. The van der Waals surface area contributed by atoms with Gasteiger partial charge in [-0.1, -0.05) is 0 Å². The number of nitrogens with one attached hydrogen (secondary N) is 1. The van der Waals surface area contributed by atoms with Crippen LogP contribution in [0.15, 0.2) is 18.2 Å². The van der Waals surface area contributed by atoms with Gasteiger partial charge in [-0.25, -0.2) is 0 Å². The Balaban J connectivity index is 2.03. The van der Waals surface area contributed by atoms with E-state index in [1.54, 1.807) is 14.2 Å². The minimum absolute atomic E-state index is 0.0273. The molecule has 122 valence electrons. The maximum absolute atomic E-state index is 11.6. The van der Waals surface area contributed by atoms with Crippen molar-refractivity contribution in [2.45, 2.75) is 13.0 Å². The summed E-state index contributed by atoms with van der Waals surface area (Å²) in [5, 5.41) is 0. The van der Waals surface area contributed by atoms with Gasteiger partial charge in [0.25, 0.3) is 0 Å². The summed E-state index contributed by atoms with van der Waals surface area (Å²) in [6.07, 6.45) is 0. The Morgan fingerprint density at radius 2 is 1.91 bits per heavy atom. The molecule has 1 aromatic rings. The van der Waals surface area contributed by atoms with E-state index in [4.69, 9.17) is 21.1 Å². The van der Waals surface area contributed by atoms with Gasteiger partial charge >= 0.3 is 0 Å². The van der Waals surface area contributed by atoms with Gasteiger partial charge in [-0.05, 0) is 25.1 Å². The number of amides is 1. The van der Waals surface area contributed by atoms with Crippen molar-refractivity contribution >= 4 is 17.5 Å². The van der Waals surface area contributed by atoms with Crippen molar-refractivity contribution in [2.75, 3.05) is 46.3 Å². The fourth-order valence-electron chi connectivity index (χ4n) is 2.92. The highest BCUT2D eigenvalue weighted by molar-refractivity contribution is 6.27. The van der Waals surface area contributed by atoms with Crippen LogP contribution in [0.3, 0.4) is 0 Å². The van der Waals surface area contributed by atoms with E-state index in [0.717, 1.165) is 37.7 Å². The van der Waals surface area contributed by atoms with Crippen LogP contribution in [0.1, 0.15) is 18.5 Å². The maximum Gasteiger partial charge on any atom is 0.237 e. The van der Waals surface area contributed by atoms with Gasteiger partial charge in [0.1, 0.15) is 11.9 Å². The van der Waals surface area contributed by atoms with Gasteiger partial charge in [-0.15, -0.1) is 11.6 Å². The van der Waals surface area contributed by atoms with Crippen LogP contribution >= 0.6 is 11.6 Å². The third-order valence-corrected chi connectivity index (χ3v) is 4.62. The highest BCUT2D eigenvalue weighted by Gasteiger charge is 2.27. The number of methoxy groups -OCH3 is 2. The van der Waals surface area contributed by atoms with E-state index in [-0.39, 0.29) is 11.8 Å². The molecule has 6 heteroatoms. The first-order chi connectivity index (χ1) is 10.6. The number of benzene rings is 1. The molecule has 0 spiro atoms. The molecule has 1 N–H and O–H groups in total. The van der Waals surface area contributed by atoms with Gasteiger partial charge < -0.3 is 19.3 Å². The monoisotopic (exact) mass is 327 g/mol. The van der Waals surface area contributed by atoms with Crippen LogP contribution in [-0.4, -0.2) is 57.1 Å². The highest BCUT2D eigenvalue weighted by atomic mass is 35.5. The van der Waals surface area contributed by atoms with E-state index < -0.39 is 0 Å². The number of carbonyl (C=O) groups excluding carboxylic acids is 1. The second-order valence-electron chi connectivity index (χ2n) is 5.51. The molecule has 0 aromatic heterocycles. The van der Waals surface area contributed by atoms with Gasteiger partial charge in [-0.2, -0.15) is 0 Å². The number of carbonyl (C=O) groups is 1. The average molecular weight is 328 g/mol. The number of piperazine rings is 1. The van der Waals surface area contributed by atoms with E-state index >= 15 is 0 Å². The lowest BCUT2D eigenvalue weighted by atomic mass is 10.1. The molecular formula is C16H24ClN2O3+. The smallest absolute Gasteiger partial charge is 0.237 e. The van der Waals surface area contributed by atoms with Crippen LogP contribution in [0.4, 0.5) is 0 Å². The molecule has 2 rings (SSSR count). The molecule has 0 unspecified atom stereocenters. The summed E-state index contributed by atoms with van der Waals surface area (Å²) in [7, 11) is 3.29. The molecule has 1 aliphatic rings. The van der Waals surface area contributed by atoms with Crippen molar-refractivity contribution in [3.8, 4) is 11.5 Å². The van der Waals surface area contributed by atoms with Gasteiger partial charge in [0.2, 0.25) is 5.91 Å². The Morgan fingerprint density at radius 3 is 2.45 bits per heavy atom. The molecule has 5 nitrogen and oxygen atoms in total. The number of ether oxygens (including phenoxy) is 2. The highest BCUT2D eigenvalue weighted by Crippen LogP contribution is 2.29. The molecule has 0 saturated carbocycles. The number of nitrogens with zero attached hydrogens (tertiary/aromatic N) is 1. The van der Waals surface area contributed by atoms with Gasteiger partial charge in [-0.3, -0.25) is 4.79 Å². The largest absolute Gasteiger partial charge is 0.493 e. The first-order valence-electron chi connectivity index (χ1n) is 7.51. The van der Waals surface area contributed by atoms with E-state index in [2.05, 4.69) is 13.0 Å². The summed E-state index contributed by atoms with van der Waals surface area (Å²) in [4.78, 5) is 14.9. The van der Waals surface area contributed by atoms with E-state index in [1.807, 2.05) is 17.0 Å². The number of hydrogen-bond acceptors (Lipinski definition) is 3. The molecule has 1 fully saturated rings. The zero-order valence-electron chi connectivity index (χ0n) is 13.4. The van der Waals surface area contributed by atoms with Gasteiger partial charge in [0.05, 0.1) is 40.4 Å². The van der Waals surface area contributed by atoms with Crippen molar-refractivity contribution in [1.29, 1.82) is 0 Å². The Hall–Kier alpha value is -1.46. The summed E-state index contributed by atoms with van der Waals surface area (Å²) in [5.74, 6) is 1.59. The zero-order valence-corrected chi connectivity index (χ0v) is 14.2. The van der Waals surface area contributed by atoms with Crippen molar-refractivity contribution < 1.29 is 19.2 Å². The number of quaternary nitrogens is 1. The molecule has 1 heterocycles. The predicted octanol–water partition coefficient (Wildman–Crippen LogP) is 0.731. The second-order valence-corrected chi connectivity index (χ2v) is 5.78. The van der Waals surface area contributed by atoms with Crippen LogP contribution < -0.4 is 14.4 Å². The lowest BCUT2D eigenvalue weighted by Crippen LogP contribution is -3.14. The number of hydrogen-bond donors (Lipinski definition) is 1. The van der Waals surface area contributed by atoms with Crippen LogP contribution in [0, 0.1) is 0 Å². The third-order valence-electron chi connectivity index (χ3n) is 4.39. The van der Waals surface area contributed by atoms with E-state index in [1.165, 1.54) is 10.5 Å². The Bertz CT molecular complexity index is 516. The maximum atomic E-state index is 11.6. The van der Waals surface area contributed by atoms with Crippen LogP contribution in [0.2, 0.25) is 0 Å². The van der Waals surface area contributed by atoms with Crippen LogP contribution in [0.25, 0.3) is 0 Å². The summed E-state index contributed by atoms with van der Waals surface area (Å²) < 4.78 is 10.7. The normalized spacial score (nSPS) is 17.2. The molecule has 1 amide bonds. The third kappa shape index (κ3) is 3.65. The number of alkyl halides is 1. The molecule has 0 radical (unpaired) electrons. The number of halogens is 1. The predicted molar refractivity (Wildman–Crippen MR) is 86.0 cm³/mol. The second kappa shape index (κ2) is 7.70. The molecule has 22 heavy (non-hydrogen) atoms. The zero-order chi connectivity index (χ0) is 16.1. The minimum atomic E-state index is 0.0273. The molecule has 0 bridgehead atoms. The van der Waals surface area contributed by atoms with Crippen molar-refractivity contribution in [3.05, 3.63) is 23.8 Å². The van der Waals surface area contributed by atoms with Crippen LogP contribution in [0.5, 0.6) is 11.5 Å².